The fourth-order valence-electron chi connectivity index (χ4n) is 3.85. The summed E-state index contributed by atoms with van der Waals surface area (Å²) >= 11 is 0. The average Bonchev–Trinajstić information content (AvgIpc) is 3.41. The fraction of sp³-hybridized carbons (Fsp3) is 0.429. The maximum Gasteiger partial charge on any atom is 0.290 e. The molecule has 2 aromatic rings. The smallest absolute Gasteiger partial charge is 0.290 e. The first-order valence-corrected chi connectivity index (χ1v) is 9.68. The van der Waals surface area contributed by atoms with Crippen LogP contribution in [-0.4, -0.2) is 42.0 Å². The number of fused-ring (bicyclic) bond motifs is 1. The summed E-state index contributed by atoms with van der Waals surface area (Å²) in [5.74, 6) is 1.13. The Kier molecular flexibility index (Phi) is 4.98. The van der Waals surface area contributed by atoms with Gasteiger partial charge in [0, 0.05) is 24.6 Å². The topological polar surface area (TPSA) is 81.0 Å². The van der Waals surface area contributed by atoms with Crippen molar-refractivity contribution in [2.75, 3.05) is 18.5 Å². The molecule has 0 saturated carbocycles. The van der Waals surface area contributed by atoms with Gasteiger partial charge in [0.05, 0.1) is 18.6 Å². The monoisotopic (exact) mass is 384 g/mol. The van der Waals surface area contributed by atoms with Gasteiger partial charge in [-0.25, -0.2) is 0 Å². The Balaban J connectivity index is 1.54. The second-order valence-corrected chi connectivity index (χ2v) is 7.14. The third kappa shape index (κ3) is 3.44. The lowest BCUT2D eigenvalue weighted by Gasteiger charge is -2.23. The first-order valence-electron chi connectivity index (χ1n) is 9.68. The van der Waals surface area contributed by atoms with Gasteiger partial charge in [-0.05, 0) is 44.9 Å². The molecular weight excluding hydrogens is 360 g/mol. The Bertz CT molecular complexity index is 877. The van der Waals surface area contributed by atoms with E-state index in [4.69, 9.17) is 13.9 Å². The predicted octanol–water partition coefficient (Wildman–Crippen LogP) is 3.25. The molecule has 1 N–H and O–H groups in total. The number of likely N-dealkylation sites (tertiary alicyclic amines) is 1. The number of amides is 2. The van der Waals surface area contributed by atoms with E-state index in [0.717, 1.165) is 24.2 Å². The molecule has 1 aromatic heterocycles. The summed E-state index contributed by atoms with van der Waals surface area (Å²) in [5, 5.41) is 2.94. The standard InChI is InChI=1S/C21H24N2O5/c1-3-26-19-11-14-10-13(2)28-18(14)12-15(19)22-20(24)16-6-4-8-23(16)21(25)17-7-5-9-27-17/h5,7,9,11-13,16H,3-4,6,8,10H2,1-2H3,(H,22,24). The van der Waals surface area contributed by atoms with E-state index in [-0.39, 0.29) is 23.7 Å². The summed E-state index contributed by atoms with van der Waals surface area (Å²) < 4.78 is 16.7. The summed E-state index contributed by atoms with van der Waals surface area (Å²) in [6, 6.07) is 6.48. The minimum absolute atomic E-state index is 0.103. The molecule has 4 rings (SSSR count). The van der Waals surface area contributed by atoms with Gasteiger partial charge in [-0.15, -0.1) is 0 Å². The number of hydrogen-bond donors (Lipinski definition) is 1. The van der Waals surface area contributed by atoms with E-state index in [2.05, 4.69) is 5.32 Å². The number of benzene rings is 1. The van der Waals surface area contributed by atoms with Crippen LogP contribution in [0.3, 0.4) is 0 Å². The zero-order chi connectivity index (χ0) is 19.7. The summed E-state index contributed by atoms with van der Waals surface area (Å²) in [5.41, 5.74) is 1.64. The molecule has 2 aliphatic rings. The highest BCUT2D eigenvalue weighted by atomic mass is 16.5. The van der Waals surface area contributed by atoms with Gasteiger partial charge >= 0.3 is 0 Å². The van der Waals surface area contributed by atoms with Gasteiger partial charge in [-0.3, -0.25) is 9.59 Å². The van der Waals surface area contributed by atoms with Crippen LogP contribution in [0.4, 0.5) is 5.69 Å². The maximum absolute atomic E-state index is 13.0. The van der Waals surface area contributed by atoms with Crippen LogP contribution in [0.15, 0.2) is 34.9 Å². The molecule has 0 spiro atoms. The number of nitrogens with one attached hydrogen (secondary N) is 1. The van der Waals surface area contributed by atoms with Crippen LogP contribution in [0.25, 0.3) is 0 Å². The van der Waals surface area contributed by atoms with Crippen molar-refractivity contribution >= 4 is 17.5 Å². The second kappa shape index (κ2) is 7.58. The number of carbonyl (C=O) groups excluding carboxylic acids is 2. The van der Waals surface area contributed by atoms with Crippen molar-refractivity contribution < 1.29 is 23.5 Å². The Morgan fingerprint density at radius 2 is 2.21 bits per heavy atom. The summed E-state index contributed by atoms with van der Waals surface area (Å²) in [4.78, 5) is 27.2. The number of hydrogen-bond acceptors (Lipinski definition) is 5. The summed E-state index contributed by atoms with van der Waals surface area (Å²) in [7, 11) is 0. The number of carbonyl (C=O) groups is 2. The van der Waals surface area contributed by atoms with Gasteiger partial charge in [0.2, 0.25) is 5.91 Å². The first kappa shape index (κ1) is 18.4. The van der Waals surface area contributed by atoms with Crippen molar-refractivity contribution in [1.29, 1.82) is 0 Å². The highest BCUT2D eigenvalue weighted by Crippen LogP contribution is 2.38. The van der Waals surface area contributed by atoms with Crippen molar-refractivity contribution in [3.05, 3.63) is 41.9 Å². The van der Waals surface area contributed by atoms with E-state index in [1.165, 1.54) is 6.26 Å². The van der Waals surface area contributed by atoms with Crippen molar-refractivity contribution in [3.63, 3.8) is 0 Å². The Morgan fingerprint density at radius 1 is 1.36 bits per heavy atom. The molecule has 2 amide bonds. The van der Waals surface area contributed by atoms with E-state index in [0.29, 0.717) is 31.0 Å². The van der Waals surface area contributed by atoms with Crippen LogP contribution in [0, 0.1) is 0 Å². The Morgan fingerprint density at radius 3 is 2.96 bits per heavy atom. The van der Waals surface area contributed by atoms with Gasteiger partial charge < -0.3 is 24.1 Å². The van der Waals surface area contributed by atoms with Gasteiger partial charge in [0.15, 0.2) is 5.76 Å². The molecule has 1 aromatic carbocycles. The van der Waals surface area contributed by atoms with Gasteiger partial charge in [0.1, 0.15) is 23.6 Å². The molecule has 2 aliphatic heterocycles. The lowest BCUT2D eigenvalue weighted by atomic mass is 10.1. The molecule has 2 unspecified atom stereocenters. The van der Waals surface area contributed by atoms with Gasteiger partial charge in [-0.1, -0.05) is 0 Å². The number of anilines is 1. The van der Waals surface area contributed by atoms with Gasteiger partial charge in [-0.2, -0.15) is 0 Å². The predicted molar refractivity (Wildman–Crippen MR) is 103 cm³/mol. The van der Waals surface area contributed by atoms with E-state index < -0.39 is 6.04 Å². The molecule has 1 fully saturated rings. The quantitative estimate of drug-likeness (QED) is 0.856. The number of furan rings is 1. The molecular formula is C21H24N2O5. The zero-order valence-corrected chi connectivity index (χ0v) is 16.1. The van der Waals surface area contributed by atoms with Crippen molar-refractivity contribution in [1.82, 2.24) is 4.90 Å². The second-order valence-electron chi connectivity index (χ2n) is 7.14. The lowest BCUT2D eigenvalue weighted by molar-refractivity contribution is -0.119. The van der Waals surface area contributed by atoms with Crippen LogP contribution in [0.1, 0.15) is 42.8 Å². The van der Waals surface area contributed by atoms with E-state index in [9.17, 15) is 9.59 Å². The third-order valence-electron chi connectivity index (χ3n) is 5.10. The van der Waals surface area contributed by atoms with E-state index in [1.807, 2.05) is 26.0 Å². The van der Waals surface area contributed by atoms with Crippen LogP contribution >= 0.6 is 0 Å². The SMILES string of the molecule is CCOc1cc2c(cc1NC(=O)C1CCCN1C(=O)c1ccco1)OC(C)C2. The van der Waals surface area contributed by atoms with E-state index in [1.54, 1.807) is 17.0 Å². The molecule has 7 heteroatoms. The maximum atomic E-state index is 13.0. The number of nitrogens with zero attached hydrogens (tertiary/aromatic N) is 1. The molecule has 7 nitrogen and oxygen atoms in total. The molecule has 3 heterocycles. The lowest BCUT2D eigenvalue weighted by Crippen LogP contribution is -2.43. The van der Waals surface area contributed by atoms with Crippen molar-refractivity contribution in [2.24, 2.45) is 0 Å². The Hall–Kier alpha value is -2.96. The largest absolute Gasteiger partial charge is 0.492 e. The van der Waals surface area contributed by atoms with Crippen LogP contribution in [0.5, 0.6) is 11.5 Å². The van der Waals surface area contributed by atoms with E-state index >= 15 is 0 Å². The zero-order valence-electron chi connectivity index (χ0n) is 16.1. The highest BCUT2D eigenvalue weighted by molar-refractivity contribution is 6.01. The van der Waals surface area contributed by atoms with Gasteiger partial charge in [0.25, 0.3) is 5.91 Å². The molecule has 0 bridgehead atoms. The normalized spacial score (nSPS) is 20.6. The van der Waals surface area contributed by atoms with Crippen LogP contribution in [-0.2, 0) is 11.2 Å². The van der Waals surface area contributed by atoms with Crippen molar-refractivity contribution in [2.45, 2.75) is 45.3 Å². The summed E-state index contributed by atoms with van der Waals surface area (Å²) in [6.45, 7) is 4.93. The summed E-state index contributed by atoms with van der Waals surface area (Å²) in [6.07, 6.45) is 3.76. The Labute approximate surface area is 163 Å². The fourth-order valence-corrected chi connectivity index (χ4v) is 3.85. The first-order chi connectivity index (χ1) is 13.6. The number of rotatable bonds is 5. The molecule has 2 atom stereocenters. The third-order valence-corrected chi connectivity index (χ3v) is 5.10. The average molecular weight is 384 g/mol. The molecule has 148 valence electrons. The molecule has 0 radical (unpaired) electrons. The highest BCUT2D eigenvalue weighted by Gasteiger charge is 2.36. The number of ether oxygens (including phenoxy) is 2. The minimum atomic E-state index is -0.542. The minimum Gasteiger partial charge on any atom is -0.492 e. The molecule has 0 aliphatic carbocycles. The van der Waals surface area contributed by atoms with Crippen LogP contribution < -0.4 is 14.8 Å². The molecule has 1 saturated heterocycles. The molecule has 28 heavy (non-hydrogen) atoms. The van der Waals surface area contributed by atoms with Crippen molar-refractivity contribution in [3.8, 4) is 11.5 Å². The van der Waals surface area contributed by atoms with Crippen LogP contribution in [0.2, 0.25) is 0 Å².